The predicted molar refractivity (Wildman–Crippen MR) is 90.7 cm³/mol. The van der Waals surface area contributed by atoms with E-state index >= 15 is 0 Å². The summed E-state index contributed by atoms with van der Waals surface area (Å²) in [5.74, 6) is 1.19. The Balaban J connectivity index is 1.56. The van der Waals surface area contributed by atoms with Crippen LogP contribution in [0.2, 0.25) is 0 Å². The highest BCUT2D eigenvalue weighted by molar-refractivity contribution is 5.92. The van der Waals surface area contributed by atoms with Gasteiger partial charge in [-0.2, -0.15) is 10.4 Å². The fourth-order valence-corrected chi connectivity index (χ4v) is 3.25. The van der Waals surface area contributed by atoms with E-state index in [2.05, 4.69) is 26.4 Å². The highest BCUT2D eigenvalue weighted by atomic mass is 16.4. The van der Waals surface area contributed by atoms with Crippen LogP contribution in [0, 0.1) is 31.1 Å². The lowest BCUT2D eigenvalue weighted by Gasteiger charge is -2.31. The Labute approximate surface area is 146 Å². The van der Waals surface area contributed by atoms with Gasteiger partial charge in [0.2, 0.25) is 11.8 Å². The molecule has 8 heteroatoms. The number of aryl methyl sites for hydroxylation is 1. The van der Waals surface area contributed by atoms with Crippen LogP contribution in [0.15, 0.2) is 17.1 Å². The normalized spacial score (nSPS) is 18.0. The number of hydrogen-bond donors (Lipinski definition) is 1. The van der Waals surface area contributed by atoms with Crippen molar-refractivity contribution >= 4 is 11.8 Å². The minimum Gasteiger partial charge on any atom is -0.444 e. The first-order valence-electron chi connectivity index (χ1n) is 8.41. The lowest BCUT2D eigenvalue weighted by atomic mass is 9.98. The van der Waals surface area contributed by atoms with Gasteiger partial charge < -0.3 is 4.42 Å². The second-order valence-electron chi connectivity index (χ2n) is 6.51. The standard InChI is InChI=1S/C17H22N6O2/c1-12-13(2)25-17(15(12)6-18)21-16(24)9-22-5-3-4-14(7-22)8-23-11-19-10-20-23/h10-11,14H,3-5,7-9H2,1-2H3,(H,21,24)/t14-/m1/s1. The minimum absolute atomic E-state index is 0.161. The zero-order valence-corrected chi connectivity index (χ0v) is 14.5. The van der Waals surface area contributed by atoms with Gasteiger partial charge in [-0.25, -0.2) is 4.98 Å². The molecule has 2 aromatic rings. The van der Waals surface area contributed by atoms with Crippen LogP contribution in [0.5, 0.6) is 0 Å². The number of nitrogens with one attached hydrogen (secondary N) is 1. The number of nitrogens with zero attached hydrogens (tertiary/aromatic N) is 5. The molecule has 8 nitrogen and oxygen atoms in total. The van der Waals surface area contributed by atoms with Gasteiger partial charge in [-0.15, -0.1) is 0 Å². The summed E-state index contributed by atoms with van der Waals surface area (Å²) in [6, 6.07) is 2.09. The van der Waals surface area contributed by atoms with E-state index in [0.29, 0.717) is 17.2 Å². The van der Waals surface area contributed by atoms with Crippen molar-refractivity contribution in [2.24, 2.45) is 5.92 Å². The number of nitriles is 1. The number of furan rings is 1. The van der Waals surface area contributed by atoms with Crippen molar-refractivity contribution in [3.8, 4) is 6.07 Å². The number of hydrogen-bond acceptors (Lipinski definition) is 6. The molecule has 1 atom stereocenters. The summed E-state index contributed by atoms with van der Waals surface area (Å²) < 4.78 is 7.33. The van der Waals surface area contributed by atoms with Gasteiger partial charge in [0.15, 0.2) is 0 Å². The van der Waals surface area contributed by atoms with Gasteiger partial charge in [0, 0.05) is 18.7 Å². The van der Waals surface area contributed by atoms with Crippen molar-refractivity contribution in [2.75, 3.05) is 25.0 Å². The number of rotatable bonds is 5. The fraction of sp³-hybridized carbons (Fsp3) is 0.529. The summed E-state index contributed by atoms with van der Waals surface area (Å²) in [6.45, 7) is 6.43. The third-order valence-corrected chi connectivity index (χ3v) is 4.63. The maximum absolute atomic E-state index is 12.3. The van der Waals surface area contributed by atoms with E-state index in [4.69, 9.17) is 4.42 Å². The quantitative estimate of drug-likeness (QED) is 0.888. The fourth-order valence-electron chi connectivity index (χ4n) is 3.25. The van der Waals surface area contributed by atoms with Crippen LogP contribution in [0.25, 0.3) is 0 Å². The third kappa shape index (κ3) is 4.06. The number of aromatic nitrogens is 3. The molecule has 1 fully saturated rings. The largest absolute Gasteiger partial charge is 0.444 e. The van der Waals surface area contributed by atoms with Gasteiger partial charge in [-0.1, -0.05) is 0 Å². The first-order chi connectivity index (χ1) is 12.1. The molecule has 0 unspecified atom stereocenters. The number of carbonyl (C=O) groups is 1. The monoisotopic (exact) mass is 342 g/mol. The van der Waals surface area contributed by atoms with Crippen LogP contribution < -0.4 is 5.32 Å². The van der Waals surface area contributed by atoms with Crippen molar-refractivity contribution in [1.82, 2.24) is 19.7 Å². The Bertz CT molecular complexity index is 774. The molecule has 3 rings (SSSR count). The molecule has 132 valence electrons. The molecule has 0 bridgehead atoms. The van der Waals surface area contributed by atoms with E-state index in [1.165, 1.54) is 6.33 Å². The molecule has 1 aliphatic rings. The van der Waals surface area contributed by atoms with Gasteiger partial charge in [0.25, 0.3) is 0 Å². The second-order valence-corrected chi connectivity index (χ2v) is 6.51. The molecule has 0 radical (unpaired) electrons. The SMILES string of the molecule is Cc1oc(NC(=O)CN2CCC[C@@H](Cn3cncn3)C2)c(C#N)c1C. The predicted octanol–water partition coefficient (Wildman–Crippen LogP) is 1.71. The topological polar surface area (TPSA) is 100.0 Å². The van der Waals surface area contributed by atoms with Crippen molar-refractivity contribution in [2.45, 2.75) is 33.2 Å². The molecular weight excluding hydrogens is 320 g/mol. The first-order valence-corrected chi connectivity index (χ1v) is 8.41. The van der Waals surface area contributed by atoms with E-state index in [0.717, 1.165) is 38.0 Å². The van der Waals surface area contributed by atoms with Crippen LogP contribution in [0.3, 0.4) is 0 Å². The number of anilines is 1. The number of carbonyl (C=O) groups excluding carboxylic acids is 1. The van der Waals surface area contributed by atoms with Crippen molar-refractivity contribution in [3.05, 3.63) is 29.5 Å². The average Bonchev–Trinajstić information content (AvgIpc) is 3.16. The van der Waals surface area contributed by atoms with Gasteiger partial charge in [0.05, 0.1) is 6.54 Å². The van der Waals surface area contributed by atoms with Crippen LogP contribution in [0.4, 0.5) is 5.88 Å². The van der Waals surface area contributed by atoms with Crippen molar-refractivity contribution in [3.63, 3.8) is 0 Å². The number of likely N-dealkylation sites (tertiary alicyclic amines) is 1. The van der Waals surface area contributed by atoms with Crippen LogP contribution in [-0.2, 0) is 11.3 Å². The summed E-state index contributed by atoms with van der Waals surface area (Å²) in [5.41, 5.74) is 1.16. The molecule has 25 heavy (non-hydrogen) atoms. The molecule has 1 N–H and O–H groups in total. The molecule has 0 spiro atoms. The van der Waals surface area contributed by atoms with E-state index in [9.17, 15) is 10.1 Å². The van der Waals surface area contributed by atoms with E-state index in [1.54, 1.807) is 13.3 Å². The summed E-state index contributed by atoms with van der Waals surface area (Å²) >= 11 is 0. The van der Waals surface area contributed by atoms with Crippen molar-refractivity contribution in [1.29, 1.82) is 5.26 Å². The van der Waals surface area contributed by atoms with Gasteiger partial charge in [-0.05, 0) is 39.2 Å². The average molecular weight is 342 g/mol. The second kappa shape index (κ2) is 7.49. The molecule has 1 amide bonds. The molecule has 1 aliphatic heterocycles. The zero-order valence-electron chi connectivity index (χ0n) is 14.5. The van der Waals surface area contributed by atoms with Gasteiger partial charge >= 0.3 is 0 Å². The maximum atomic E-state index is 12.3. The van der Waals surface area contributed by atoms with Crippen LogP contribution in [0.1, 0.15) is 29.7 Å². The smallest absolute Gasteiger partial charge is 0.240 e. The lowest BCUT2D eigenvalue weighted by molar-refractivity contribution is -0.117. The molecule has 0 saturated carbocycles. The molecule has 3 heterocycles. The molecular formula is C17H22N6O2. The molecule has 1 saturated heterocycles. The Morgan fingerprint density at radius 1 is 1.52 bits per heavy atom. The highest BCUT2D eigenvalue weighted by Crippen LogP contribution is 2.25. The highest BCUT2D eigenvalue weighted by Gasteiger charge is 2.23. The van der Waals surface area contributed by atoms with Crippen LogP contribution >= 0.6 is 0 Å². The van der Waals surface area contributed by atoms with E-state index < -0.39 is 0 Å². The number of piperidine rings is 1. The summed E-state index contributed by atoms with van der Waals surface area (Å²) in [7, 11) is 0. The van der Waals surface area contributed by atoms with E-state index in [1.807, 2.05) is 11.6 Å². The number of amides is 1. The first kappa shape index (κ1) is 17.2. The third-order valence-electron chi connectivity index (χ3n) is 4.63. The van der Waals surface area contributed by atoms with E-state index in [-0.39, 0.29) is 18.3 Å². The Kier molecular flexibility index (Phi) is 5.14. The molecule has 0 aromatic carbocycles. The Morgan fingerprint density at radius 3 is 3.08 bits per heavy atom. The summed E-state index contributed by atoms with van der Waals surface area (Å²) in [6.07, 6.45) is 5.42. The zero-order chi connectivity index (χ0) is 17.8. The molecule has 2 aromatic heterocycles. The maximum Gasteiger partial charge on any atom is 0.240 e. The summed E-state index contributed by atoms with van der Waals surface area (Å²) in [4.78, 5) is 18.4. The van der Waals surface area contributed by atoms with Crippen LogP contribution in [-0.4, -0.2) is 45.2 Å². The lowest BCUT2D eigenvalue weighted by Crippen LogP contribution is -2.41. The van der Waals surface area contributed by atoms with Gasteiger partial charge in [0.1, 0.15) is 30.0 Å². The van der Waals surface area contributed by atoms with Crippen molar-refractivity contribution < 1.29 is 9.21 Å². The minimum atomic E-state index is -0.161. The molecule has 0 aliphatic carbocycles. The van der Waals surface area contributed by atoms with Gasteiger partial charge in [-0.3, -0.25) is 19.7 Å². The Morgan fingerprint density at radius 2 is 2.36 bits per heavy atom. The Hall–Kier alpha value is -2.66. The summed E-state index contributed by atoms with van der Waals surface area (Å²) in [5, 5.41) is 16.1.